The number of fused-ring (bicyclic) bond motifs is 4. The van der Waals surface area contributed by atoms with Crippen molar-refractivity contribution in [3.63, 3.8) is 0 Å². The van der Waals surface area contributed by atoms with Gasteiger partial charge >= 0.3 is 0 Å². The molecule has 0 bridgehead atoms. The van der Waals surface area contributed by atoms with Gasteiger partial charge in [0.05, 0.1) is 16.0 Å². The van der Waals surface area contributed by atoms with Crippen LogP contribution in [0.1, 0.15) is 39.3 Å². The Kier molecular flexibility index (Phi) is 5.22. The van der Waals surface area contributed by atoms with E-state index < -0.39 is 23.0 Å². The van der Waals surface area contributed by atoms with Crippen molar-refractivity contribution >= 4 is 21.3 Å². The highest BCUT2D eigenvalue weighted by Crippen LogP contribution is 2.35. The number of carbonyl (C=O) groups is 2. The molecule has 0 saturated carbocycles. The molecule has 3 aliphatic rings. The van der Waals surface area contributed by atoms with Gasteiger partial charge < -0.3 is 19.3 Å². The van der Waals surface area contributed by atoms with E-state index in [9.17, 15) is 23.2 Å². The van der Waals surface area contributed by atoms with Gasteiger partial charge in [0.1, 0.15) is 23.4 Å². The summed E-state index contributed by atoms with van der Waals surface area (Å²) in [4.78, 5) is 43.0. The number of nitrogens with one attached hydrogen (secondary N) is 1. The first-order chi connectivity index (χ1) is 15.4. The molecule has 0 spiro atoms. The zero-order valence-corrected chi connectivity index (χ0v) is 18.2. The molecule has 11 heteroatoms. The third kappa shape index (κ3) is 3.29. The van der Waals surface area contributed by atoms with E-state index in [0.29, 0.717) is 19.1 Å². The lowest BCUT2D eigenvalue weighted by Crippen LogP contribution is -2.50. The minimum atomic E-state index is -0.798. The largest absolute Gasteiger partial charge is 0.474 e. The Morgan fingerprint density at radius 1 is 1.25 bits per heavy atom. The van der Waals surface area contributed by atoms with Crippen LogP contribution >= 0.6 is 9.47 Å². The SMILES string of the molecule is O=C(NCc1ccc(F)cc1F)c1cn2c(c(OP)c1=O)C(=O)N1C[C@H]3CCCN3[C@@H]1C2. The van der Waals surface area contributed by atoms with Gasteiger partial charge in [-0.05, 0) is 18.9 Å². The molecule has 168 valence electrons. The molecular weight excluding hydrogens is 441 g/mol. The second kappa shape index (κ2) is 7.94. The van der Waals surface area contributed by atoms with Crippen LogP contribution in [0.25, 0.3) is 0 Å². The number of hydrogen-bond acceptors (Lipinski definition) is 5. The van der Waals surface area contributed by atoms with Crippen LogP contribution in [0.4, 0.5) is 8.78 Å². The van der Waals surface area contributed by atoms with Gasteiger partial charge in [0.15, 0.2) is 11.4 Å². The molecule has 3 atom stereocenters. The van der Waals surface area contributed by atoms with Crippen LogP contribution in [-0.2, 0) is 13.1 Å². The number of aromatic nitrogens is 1. The first-order valence-electron chi connectivity index (χ1n) is 10.3. The molecule has 2 saturated heterocycles. The number of amides is 2. The first-order valence-corrected chi connectivity index (χ1v) is 10.8. The maximum Gasteiger partial charge on any atom is 0.275 e. The summed E-state index contributed by atoms with van der Waals surface area (Å²) in [5.41, 5.74) is -0.749. The van der Waals surface area contributed by atoms with Crippen LogP contribution in [0.3, 0.4) is 0 Å². The fraction of sp³-hybridized carbons (Fsp3) is 0.381. The van der Waals surface area contributed by atoms with Crippen LogP contribution in [0, 0.1) is 11.6 Å². The molecule has 2 amide bonds. The zero-order valence-electron chi connectivity index (χ0n) is 17.0. The molecule has 5 rings (SSSR count). The van der Waals surface area contributed by atoms with Gasteiger partial charge in [-0.25, -0.2) is 8.78 Å². The maximum absolute atomic E-state index is 13.9. The summed E-state index contributed by atoms with van der Waals surface area (Å²) < 4.78 is 33.7. The number of pyridine rings is 1. The summed E-state index contributed by atoms with van der Waals surface area (Å²) in [6, 6.07) is 3.34. The van der Waals surface area contributed by atoms with Crippen LogP contribution in [0.2, 0.25) is 0 Å². The van der Waals surface area contributed by atoms with E-state index in [1.165, 1.54) is 12.3 Å². The molecule has 2 aromatic rings. The molecule has 1 aromatic carbocycles. The molecule has 8 nitrogen and oxygen atoms in total. The van der Waals surface area contributed by atoms with Crippen molar-refractivity contribution in [3.05, 3.63) is 63.1 Å². The topological polar surface area (TPSA) is 83.9 Å². The lowest BCUT2D eigenvalue weighted by molar-refractivity contribution is 0.0516. The van der Waals surface area contributed by atoms with Crippen molar-refractivity contribution in [1.29, 1.82) is 0 Å². The minimum absolute atomic E-state index is 0.0807. The fourth-order valence-electron chi connectivity index (χ4n) is 4.92. The molecule has 4 heterocycles. The van der Waals surface area contributed by atoms with E-state index in [1.54, 1.807) is 9.47 Å². The standard InChI is InChI=1S/C21H21F2N4O4P/c22-12-4-3-11(15(23)6-12)7-24-20(29)14-9-25-10-16-26-5-1-2-13(26)8-27(16)21(30)17(25)19(31-32)18(14)28/h3-4,6,9,13,16H,1-2,5,7-8,10,32H2,(H,24,29)/t13-,16+/m1/s1. The number of halogens is 2. The van der Waals surface area contributed by atoms with Gasteiger partial charge in [-0.2, -0.15) is 0 Å². The number of rotatable bonds is 4. The van der Waals surface area contributed by atoms with Crippen molar-refractivity contribution in [2.45, 2.75) is 38.1 Å². The Morgan fingerprint density at radius 3 is 2.81 bits per heavy atom. The zero-order chi connectivity index (χ0) is 22.6. The van der Waals surface area contributed by atoms with E-state index in [2.05, 4.69) is 10.2 Å². The Balaban J connectivity index is 1.46. The van der Waals surface area contributed by atoms with E-state index in [0.717, 1.165) is 31.5 Å². The molecular formula is C21H21F2N4O4P. The third-order valence-electron chi connectivity index (χ3n) is 6.45. The minimum Gasteiger partial charge on any atom is -0.474 e. The average molecular weight is 462 g/mol. The van der Waals surface area contributed by atoms with Crippen molar-refractivity contribution < 1.29 is 22.9 Å². The second-order valence-corrected chi connectivity index (χ2v) is 8.45. The van der Waals surface area contributed by atoms with Crippen molar-refractivity contribution in [2.24, 2.45) is 0 Å². The Morgan fingerprint density at radius 2 is 2.06 bits per heavy atom. The first kappa shape index (κ1) is 21.0. The molecule has 1 N–H and O–H groups in total. The summed E-state index contributed by atoms with van der Waals surface area (Å²) in [6.07, 6.45) is 3.33. The summed E-state index contributed by atoms with van der Waals surface area (Å²) in [5.74, 6) is -2.78. The van der Waals surface area contributed by atoms with Gasteiger partial charge in [-0.1, -0.05) is 6.07 Å². The molecule has 0 aliphatic carbocycles. The summed E-state index contributed by atoms with van der Waals surface area (Å²) >= 11 is 0. The van der Waals surface area contributed by atoms with E-state index in [1.807, 2.05) is 9.47 Å². The fourth-order valence-corrected chi connectivity index (χ4v) is 5.14. The molecule has 1 unspecified atom stereocenters. The van der Waals surface area contributed by atoms with Gasteiger partial charge in [0.25, 0.3) is 11.8 Å². The predicted molar refractivity (Wildman–Crippen MR) is 113 cm³/mol. The molecule has 0 radical (unpaired) electrons. The maximum atomic E-state index is 13.9. The molecule has 3 aliphatic heterocycles. The Hall–Kier alpha value is -2.84. The number of hydrogen-bond donors (Lipinski definition) is 1. The van der Waals surface area contributed by atoms with Gasteiger partial charge in [0.2, 0.25) is 5.43 Å². The lowest BCUT2D eigenvalue weighted by atomic mass is 10.1. The molecule has 1 aromatic heterocycles. The normalized spacial score (nSPS) is 21.8. The number of benzene rings is 1. The lowest BCUT2D eigenvalue weighted by Gasteiger charge is -2.36. The highest BCUT2D eigenvalue weighted by atomic mass is 31.0. The highest BCUT2D eigenvalue weighted by Gasteiger charge is 2.48. The Bertz CT molecular complexity index is 1190. The van der Waals surface area contributed by atoms with Crippen molar-refractivity contribution in [3.8, 4) is 5.75 Å². The highest BCUT2D eigenvalue weighted by molar-refractivity contribution is 7.10. The number of carbonyl (C=O) groups excluding carboxylic acids is 2. The van der Waals surface area contributed by atoms with E-state index in [-0.39, 0.29) is 41.2 Å². The van der Waals surface area contributed by atoms with Crippen LogP contribution in [0.15, 0.2) is 29.2 Å². The van der Waals surface area contributed by atoms with Gasteiger partial charge in [0, 0.05) is 43.5 Å². The molecule has 2 fully saturated rings. The quantitative estimate of drug-likeness (QED) is 0.697. The third-order valence-corrected chi connectivity index (χ3v) is 6.69. The monoisotopic (exact) mass is 462 g/mol. The van der Waals surface area contributed by atoms with Crippen LogP contribution in [0.5, 0.6) is 5.75 Å². The molecule has 32 heavy (non-hydrogen) atoms. The smallest absolute Gasteiger partial charge is 0.275 e. The van der Waals surface area contributed by atoms with Crippen molar-refractivity contribution in [1.82, 2.24) is 19.7 Å². The van der Waals surface area contributed by atoms with Gasteiger partial charge in [-0.3, -0.25) is 19.3 Å². The van der Waals surface area contributed by atoms with Gasteiger partial charge in [-0.15, -0.1) is 0 Å². The average Bonchev–Trinajstić information content (AvgIpc) is 3.35. The predicted octanol–water partition coefficient (Wildman–Crippen LogP) is 1.49. The summed E-state index contributed by atoms with van der Waals surface area (Å²) in [7, 11) is 1.96. The van der Waals surface area contributed by atoms with E-state index >= 15 is 0 Å². The summed E-state index contributed by atoms with van der Waals surface area (Å²) in [5, 5.41) is 2.49. The Labute approximate surface area is 184 Å². The van der Waals surface area contributed by atoms with E-state index in [4.69, 9.17) is 4.52 Å². The van der Waals surface area contributed by atoms with Crippen LogP contribution < -0.4 is 15.3 Å². The summed E-state index contributed by atoms with van der Waals surface area (Å²) in [6.45, 7) is 1.69. The van der Waals surface area contributed by atoms with Crippen LogP contribution in [-0.4, -0.2) is 51.5 Å². The van der Waals surface area contributed by atoms with Crippen molar-refractivity contribution in [2.75, 3.05) is 13.1 Å². The second-order valence-electron chi connectivity index (χ2n) is 8.21. The number of nitrogens with zero attached hydrogens (tertiary/aromatic N) is 3.